The van der Waals surface area contributed by atoms with Crippen LogP contribution < -0.4 is 5.32 Å². The molecule has 0 aliphatic carbocycles. The third-order valence-corrected chi connectivity index (χ3v) is 2.44. The number of carbonyl (C=O) groups excluding carboxylic acids is 1. The van der Waals surface area contributed by atoms with E-state index in [-0.39, 0.29) is 17.2 Å². The van der Waals surface area contributed by atoms with Crippen LogP contribution in [0.15, 0.2) is 36.5 Å². The van der Waals surface area contributed by atoms with Crippen molar-refractivity contribution in [2.24, 2.45) is 0 Å². The molecule has 0 radical (unpaired) electrons. The van der Waals surface area contributed by atoms with Crippen LogP contribution in [-0.2, 0) is 0 Å². The molecule has 1 amide bonds. The van der Waals surface area contributed by atoms with Gasteiger partial charge in [-0.1, -0.05) is 11.6 Å². The van der Waals surface area contributed by atoms with Crippen LogP contribution in [0.3, 0.4) is 0 Å². The molecule has 0 bridgehead atoms. The summed E-state index contributed by atoms with van der Waals surface area (Å²) in [7, 11) is 0. The van der Waals surface area contributed by atoms with Gasteiger partial charge in [0.25, 0.3) is 5.91 Å². The van der Waals surface area contributed by atoms with Crippen molar-refractivity contribution in [3.63, 3.8) is 0 Å². The minimum atomic E-state index is -0.430. The second kappa shape index (κ2) is 4.93. The summed E-state index contributed by atoms with van der Waals surface area (Å²) in [5.74, 6) is -0.732. The maximum Gasteiger partial charge on any atom is 0.257 e. The number of carbonyl (C=O) groups is 1. The Morgan fingerprint density at radius 2 is 2.00 bits per heavy atom. The van der Waals surface area contributed by atoms with Gasteiger partial charge >= 0.3 is 0 Å². The Hall–Kier alpha value is -2.27. The van der Waals surface area contributed by atoms with Gasteiger partial charge in [0.1, 0.15) is 16.7 Å². The van der Waals surface area contributed by atoms with Crippen molar-refractivity contribution in [3.05, 3.63) is 47.2 Å². The maximum absolute atomic E-state index is 11.8. The van der Waals surface area contributed by atoms with Gasteiger partial charge in [-0.3, -0.25) is 4.79 Å². The first-order valence-corrected chi connectivity index (χ1v) is 5.39. The zero-order valence-electron chi connectivity index (χ0n) is 9.09. The minimum Gasteiger partial charge on any atom is -0.508 e. The van der Waals surface area contributed by atoms with E-state index in [1.54, 1.807) is 0 Å². The zero-order chi connectivity index (χ0) is 13.1. The van der Waals surface area contributed by atoms with Crippen LogP contribution in [0.1, 0.15) is 10.4 Å². The quantitative estimate of drug-likeness (QED) is 0.442. The van der Waals surface area contributed by atoms with E-state index >= 15 is 0 Å². The van der Waals surface area contributed by atoms with Gasteiger partial charge in [-0.15, -0.1) is 0 Å². The zero-order valence-corrected chi connectivity index (χ0v) is 9.85. The highest BCUT2D eigenvalue weighted by Crippen LogP contribution is 2.27. The van der Waals surface area contributed by atoms with E-state index in [0.717, 1.165) is 6.07 Å². The molecule has 2 aromatic rings. The molecule has 1 heterocycles. The van der Waals surface area contributed by atoms with Gasteiger partial charge in [0, 0.05) is 12.3 Å². The molecule has 0 saturated carbocycles. The molecule has 6 heteroatoms. The number of anilines is 1. The van der Waals surface area contributed by atoms with E-state index < -0.39 is 5.91 Å². The van der Waals surface area contributed by atoms with Gasteiger partial charge in [-0.2, -0.15) is 0 Å². The molecule has 5 nitrogen and oxygen atoms in total. The fraction of sp³-hybridized carbons (Fsp3) is 0. The van der Waals surface area contributed by atoms with E-state index in [0.29, 0.717) is 10.7 Å². The molecule has 0 spiro atoms. The van der Waals surface area contributed by atoms with Crippen molar-refractivity contribution in [2.45, 2.75) is 0 Å². The molecule has 2 rings (SSSR count). The number of phenolic OH excluding ortho intramolecular Hbond substituents is 2. The van der Waals surface area contributed by atoms with Crippen molar-refractivity contribution in [1.29, 1.82) is 0 Å². The van der Waals surface area contributed by atoms with Crippen LogP contribution in [0.5, 0.6) is 11.5 Å². The Morgan fingerprint density at radius 1 is 1.22 bits per heavy atom. The summed E-state index contributed by atoms with van der Waals surface area (Å²) in [6.07, 6.45) is 1.33. The van der Waals surface area contributed by atoms with Crippen LogP contribution >= 0.6 is 11.6 Å². The van der Waals surface area contributed by atoms with Crippen molar-refractivity contribution in [3.8, 4) is 11.5 Å². The Bertz CT molecular complexity index is 584. The average molecular weight is 265 g/mol. The summed E-state index contributed by atoms with van der Waals surface area (Å²) < 4.78 is 0. The SMILES string of the molecule is O=C(Nc1ccc(O)cc1O)c1ccc(Cl)nc1. The molecule has 1 aromatic carbocycles. The van der Waals surface area contributed by atoms with E-state index in [1.165, 1.54) is 30.5 Å². The van der Waals surface area contributed by atoms with Crippen LogP contribution in [0.2, 0.25) is 5.15 Å². The smallest absolute Gasteiger partial charge is 0.257 e. The monoisotopic (exact) mass is 264 g/mol. The molecule has 0 atom stereocenters. The second-order valence-corrected chi connectivity index (χ2v) is 3.91. The molecule has 1 aromatic heterocycles. The normalized spacial score (nSPS) is 10.1. The van der Waals surface area contributed by atoms with Crippen molar-refractivity contribution in [1.82, 2.24) is 4.98 Å². The third kappa shape index (κ3) is 2.70. The van der Waals surface area contributed by atoms with E-state index in [2.05, 4.69) is 10.3 Å². The number of rotatable bonds is 2. The molecule has 18 heavy (non-hydrogen) atoms. The predicted molar refractivity (Wildman–Crippen MR) is 67.0 cm³/mol. The van der Waals surface area contributed by atoms with E-state index in [9.17, 15) is 9.90 Å². The number of aromatic nitrogens is 1. The summed E-state index contributed by atoms with van der Waals surface area (Å²) in [4.78, 5) is 15.6. The molecule has 3 N–H and O–H groups in total. The van der Waals surface area contributed by atoms with Crippen molar-refractivity contribution >= 4 is 23.2 Å². The number of aromatic hydroxyl groups is 2. The summed E-state index contributed by atoms with van der Waals surface area (Å²) in [6.45, 7) is 0. The lowest BCUT2D eigenvalue weighted by atomic mass is 10.2. The molecule has 0 aliphatic heterocycles. The first-order chi connectivity index (χ1) is 8.56. The molecule has 0 unspecified atom stereocenters. The number of hydrogen-bond acceptors (Lipinski definition) is 4. The lowest BCUT2D eigenvalue weighted by molar-refractivity contribution is 0.102. The lowest BCUT2D eigenvalue weighted by Crippen LogP contribution is -2.12. The van der Waals surface area contributed by atoms with Crippen molar-refractivity contribution in [2.75, 3.05) is 5.32 Å². The van der Waals surface area contributed by atoms with Crippen LogP contribution in [-0.4, -0.2) is 21.1 Å². The number of nitrogens with one attached hydrogen (secondary N) is 1. The summed E-state index contributed by atoms with van der Waals surface area (Å²) in [5.41, 5.74) is 0.514. The van der Waals surface area contributed by atoms with Crippen LogP contribution in [0, 0.1) is 0 Å². The van der Waals surface area contributed by atoms with Gasteiger partial charge in [0.05, 0.1) is 11.3 Å². The summed E-state index contributed by atoms with van der Waals surface area (Å²) in [6, 6.07) is 6.90. The molecule has 92 valence electrons. The van der Waals surface area contributed by atoms with E-state index in [4.69, 9.17) is 16.7 Å². The highest BCUT2D eigenvalue weighted by Gasteiger charge is 2.09. The van der Waals surface area contributed by atoms with Gasteiger partial charge in [-0.05, 0) is 24.3 Å². The first-order valence-electron chi connectivity index (χ1n) is 5.01. The summed E-state index contributed by atoms with van der Waals surface area (Å²) >= 11 is 5.61. The largest absolute Gasteiger partial charge is 0.508 e. The predicted octanol–water partition coefficient (Wildman–Crippen LogP) is 2.40. The van der Waals surface area contributed by atoms with Crippen molar-refractivity contribution < 1.29 is 15.0 Å². The van der Waals surface area contributed by atoms with Crippen LogP contribution in [0.25, 0.3) is 0 Å². The Kier molecular flexibility index (Phi) is 3.34. The number of nitrogens with zero attached hydrogens (tertiary/aromatic N) is 1. The molecular weight excluding hydrogens is 256 g/mol. The van der Waals surface area contributed by atoms with Gasteiger partial charge in [0.15, 0.2) is 0 Å². The highest BCUT2D eigenvalue weighted by molar-refractivity contribution is 6.29. The first kappa shape index (κ1) is 12.2. The van der Waals surface area contributed by atoms with E-state index in [1.807, 2.05) is 0 Å². The number of amides is 1. The highest BCUT2D eigenvalue weighted by atomic mass is 35.5. The number of hydrogen-bond donors (Lipinski definition) is 3. The van der Waals surface area contributed by atoms with Gasteiger partial charge in [-0.25, -0.2) is 4.98 Å². The Balaban J connectivity index is 2.18. The number of pyridine rings is 1. The average Bonchev–Trinajstić information content (AvgIpc) is 2.33. The van der Waals surface area contributed by atoms with Gasteiger partial charge in [0.2, 0.25) is 0 Å². The lowest BCUT2D eigenvalue weighted by Gasteiger charge is -2.07. The third-order valence-electron chi connectivity index (χ3n) is 2.22. The molecule has 0 aliphatic rings. The fourth-order valence-electron chi connectivity index (χ4n) is 1.33. The number of phenols is 2. The Morgan fingerprint density at radius 3 is 2.61 bits per heavy atom. The molecular formula is C12H9ClN2O3. The fourth-order valence-corrected chi connectivity index (χ4v) is 1.44. The maximum atomic E-state index is 11.8. The standard InChI is InChI=1S/C12H9ClN2O3/c13-11-4-1-7(6-14-11)12(18)15-9-3-2-8(16)5-10(9)17/h1-6,16-17H,(H,15,18). The van der Waals surface area contributed by atoms with Gasteiger partial charge < -0.3 is 15.5 Å². The topological polar surface area (TPSA) is 82.5 Å². The number of halogens is 1. The number of benzene rings is 1. The Labute approximate surface area is 108 Å². The second-order valence-electron chi connectivity index (χ2n) is 3.53. The molecule has 0 fully saturated rings. The van der Waals surface area contributed by atoms with Crippen LogP contribution in [0.4, 0.5) is 5.69 Å². The summed E-state index contributed by atoms with van der Waals surface area (Å²) in [5, 5.41) is 21.4. The molecule has 0 saturated heterocycles. The minimum absolute atomic E-state index is 0.0846.